The highest BCUT2D eigenvalue weighted by molar-refractivity contribution is 5.92. The average Bonchev–Trinajstić information content (AvgIpc) is 2.38. The lowest BCUT2D eigenvalue weighted by Crippen LogP contribution is -2.51. The highest BCUT2D eigenvalue weighted by Gasteiger charge is 2.30. The van der Waals surface area contributed by atoms with Gasteiger partial charge in [0, 0.05) is 5.69 Å². The average molecular weight is 268 g/mol. The maximum Gasteiger partial charge on any atom is 0.323 e. The Morgan fingerprint density at radius 1 is 1.32 bits per heavy atom. The Balaban J connectivity index is 2.52. The van der Waals surface area contributed by atoms with Crippen molar-refractivity contribution in [1.82, 2.24) is 5.32 Å². The summed E-state index contributed by atoms with van der Waals surface area (Å²) < 4.78 is 12.7. The van der Waals surface area contributed by atoms with E-state index in [2.05, 4.69) is 10.6 Å². The zero-order valence-corrected chi connectivity index (χ0v) is 10.9. The second kappa shape index (κ2) is 6.29. The van der Waals surface area contributed by atoms with Gasteiger partial charge >= 0.3 is 5.97 Å². The van der Waals surface area contributed by atoms with E-state index in [1.165, 1.54) is 31.2 Å². The van der Waals surface area contributed by atoms with Crippen LogP contribution in [-0.2, 0) is 9.59 Å². The first kappa shape index (κ1) is 15.1. The van der Waals surface area contributed by atoms with Crippen LogP contribution in [-0.4, -0.2) is 29.1 Å². The lowest BCUT2D eigenvalue weighted by molar-refractivity contribution is -0.144. The third-order valence-electron chi connectivity index (χ3n) is 2.95. The minimum absolute atomic E-state index is 0.131. The molecular weight excluding hydrogens is 251 g/mol. The first-order valence-electron chi connectivity index (χ1n) is 5.91. The molecule has 0 fully saturated rings. The SMILES string of the molecule is CCC(C)(NCC(=O)Nc1ccc(F)cc1)C(=O)O. The van der Waals surface area contributed by atoms with E-state index in [-0.39, 0.29) is 18.3 Å². The Bertz CT molecular complexity index is 461. The number of amides is 1. The number of carbonyl (C=O) groups is 2. The first-order chi connectivity index (χ1) is 8.87. The number of benzene rings is 1. The molecule has 1 aromatic rings. The fraction of sp³-hybridized carbons (Fsp3) is 0.385. The van der Waals surface area contributed by atoms with E-state index in [0.29, 0.717) is 12.1 Å². The summed E-state index contributed by atoms with van der Waals surface area (Å²) >= 11 is 0. The molecule has 0 aliphatic heterocycles. The molecule has 0 aliphatic carbocycles. The fourth-order valence-electron chi connectivity index (χ4n) is 1.37. The Hall–Kier alpha value is -1.95. The van der Waals surface area contributed by atoms with Gasteiger partial charge in [-0.25, -0.2) is 4.39 Å². The highest BCUT2D eigenvalue weighted by atomic mass is 19.1. The molecule has 0 aromatic heterocycles. The minimum atomic E-state index is -1.14. The van der Waals surface area contributed by atoms with Gasteiger partial charge < -0.3 is 10.4 Å². The van der Waals surface area contributed by atoms with E-state index in [4.69, 9.17) is 5.11 Å². The predicted octanol–water partition coefficient (Wildman–Crippen LogP) is 1.61. The number of hydrogen-bond acceptors (Lipinski definition) is 3. The Morgan fingerprint density at radius 2 is 1.89 bits per heavy atom. The Kier molecular flexibility index (Phi) is 5.00. The van der Waals surface area contributed by atoms with Crippen molar-refractivity contribution in [3.63, 3.8) is 0 Å². The van der Waals surface area contributed by atoms with Gasteiger partial charge in [0.05, 0.1) is 6.54 Å². The summed E-state index contributed by atoms with van der Waals surface area (Å²) in [6.45, 7) is 3.10. The molecule has 1 aromatic carbocycles. The van der Waals surface area contributed by atoms with Crippen LogP contribution in [0.4, 0.5) is 10.1 Å². The molecule has 0 heterocycles. The van der Waals surface area contributed by atoms with Crippen molar-refractivity contribution in [1.29, 1.82) is 0 Å². The summed E-state index contributed by atoms with van der Waals surface area (Å²) in [7, 11) is 0. The van der Waals surface area contributed by atoms with Crippen LogP contribution in [0.15, 0.2) is 24.3 Å². The Morgan fingerprint density at radius 3 is 2.37 bits per heavy atom. The molecule has 19 heavy (non-hydrogen) atoms. The number of carboxylic acids is 1. The molecule has 104 valence electrons. The topological polar surface area (TPSA) is 78.4 Å². The van der Waals surface area contributed by atoms with Gasteiger partial charge in [-0.2, -0.15) is 0 Å². The zero-order chi connectivity index (χ0) is 14.5. The zero-order valence-electron chi connectivity index (χ0n) is 10.9. The number of carbonyl (C=O) groups excluding carboxylic acids is 1. The molecule has 3 N–H and O–H groups in total. The molecule has 0 saturated heterocycles. The number of nitrogens with one attached hydrogen (secondary N) is 2. The normalized spacial score (nSPS) is 13.6. The number of carboxylic acid groups (broad SMARTS) is 1. The summed E-state index contributed by atoms with van der Waals surface area (Å²) in [6, 6.07) is 5.33. The molecule has 5 nitrogen and oxygen atoms in total. The lowest BCUT2D eigenvalue weighted by Gasteiger charge is -2.24. The van der Waals surface area contributed by atoms with Gasteiger partial charge in [-0.3, -0.25) is 14.9 Å². The molecule has 1 atom stereocenters. The van der Waals surface area contributed by atoms with Crippen LogP contribution in [0.2, 0.25) is 0 Å². The maximum atomic E-state index is 12.7. The summed E-state index contributed by atoms with van der Waals surface area (Å²) in [4.78, 5) is 22.6. The molecule has 0 bridgehead atoms. The van der Waals surface area contributed by atoms with Crippen molar-refractivity contribution in [3.05, 3.63) is 30.1 Å². The van der Waals surface area contributed by atoms with E-state index < -0.39 is 11.5 Å². The molecule has 0 radical (unpaired) electrons. The smallest absolute Gasteiger partial charge is 0.323 e. The summed E-state index contributed by atoms with van der Waals surface area (Å²) in [5.74, 6) is -1.78. The van der Waals surface area contributed by atoms with Gasteiger partial charge in [-0.15, -0.1) is 0 Å². The summed E-state index contributed by atoms with van der Waals surface area (Å²) in [5, 5.41) is 14.3. The van der Waals surface area contributed by atoms with Crippen LogP contribution in [0.1, 0.15) is 20.3 Å². The molecule has 1 amide bonds. The van der Waals surface area contributed by atoms with Gasteiger partial charge in [0.1, 0.15) is 11.4 Å². The van der Waals surface area contributed by atoms with Crippen LogP contribution < -0.4 is 10.6 Å². The van der Waals surface area contributed by atoms with Crippen molar-refractivity contribution in [3.8, 4) is 0 Å². The van der Waals surface area contributed by atoms with Crippen molar-refractivity contribution in [2.45, 2.75) is 25.8 Å². The second-order valence-electron chi connectivity index (χ2n) is 4.40. The van der Waals surface area contributed by atoms with Gasteiger partial charge in [-0.05, 0) is 37.6 Å². The van der Waals surface area contributed by atoms with Gasteiger partial charge in [0.15, 0.2) is 0 Å². The number of halogens is 1. The molecule has 1 unspecified atom stereocenters. The largest absolute Gasteiger partial charge is 0.480 e. The van der Waals surface area contributed by atoms with Crippen molar-refractivity contribution >= 4 is 17.6 Å². The van der Waals surface area contributed by atoms with Gasteiger partial charge in [0.2, 0.25) is 5.91 Å². The van der Waals surface area contributed by atoms with Gasteiger partial charge in [-0.1, -0.05) is 6.92 Å². The Labute approximate surface area is 110 Å². The number of rotatable bonds is 6. The summed E-state index contributed by atoms with van der Waals surface area (Å²) in [6.07, 6.45) is 0.353. The van der Waals surface area contributed by atoms with E-state index in [0.717, 1.165) is 0 Å². The fourth-order valence-corrected chi connectivity index (χ4v) is 1.37. The van der Waals surface area contributed by atoms with Crippen molar-refractivity contribution in [2.75, 3.05) is 11.9 Å². The number of anilines is 1. The predicted molar refractivity (Wildman–Crippen MR) is 69.4 cm³/mol. The van der Waals surface area contributed by atoms with Gasteiger partial charge in [0.25, 0.3) is 0 Å². The first-order valence-corrected chi connectivity index (χ1v) is 5.91. The van der Waals surface area contributed by atoms with E-state index in [1.807, 2.05) is 0 Å². The third-order valence-corrected chi connectivity index (χ3v) is 2.95. The number of aliphatic carboxylic acids is 1. The van der Waals surface area contributed by atoms with E-state index in [1.54, 1.807) is 6.92 Å². The highest BCUT2D eigenvalue weighted by Crippen LogP contribution is 2.10. The van der Waals surface area contributed by atoms with Crippen LogP contribution in [0.5, 0.6) is 0 Å². The monoisotopic (exact) mass is 268 g/mol. The van der Waals surface area contributed by atoms with Crippen LogP contribution in [0.3, 0.4) is 0 Å². The molecule has 0 aliphatic rings. The van der Waals surface area contributed by atoms with E-state index >= 15 is 0 Å². The van der Waals surface area contributed by atoms with Crippen molar-refractivity contribution in [2.24, 2.45) is 0 Å². The standard InChI is InChI=1S/C13H17FN2O3/c1-3-13(2,12(18)19)15-8-11(17)16-10-6-4-9(14)5-7-10/h4-7,15H,3,8H2,1-2H3,(H,16,17)(H,18,19). The quantitative estimate of drug-likeness (QED) is 0.732. The molecule has 6 heteroatoms. The minimum Gasteiger partial charge on any atom is -0.480 e. The number of hydrogen-bond donors (Lipinski definition) is 3. The maximum absolute atomic E-state index is 12.7. The van der Waals surface area contributed by atoms with Crippen LogP contribution in [0, 0.1) is 5.82 Å². The summed E-state index contributed by atoms with van der Waals surface area (Å²) in [5.41, 5.74) is -0.679. The molecular formula is C13H17FN2O3. The third kappa shape index (κ3) is 4.33. The van der Waals surface area contributed by atoms with Crippen LogP contribution >= 0.6 is 0 Å². The van der Waals surface area contributed by atoms with Crippen LogP contribution in [0.25, 0.3) is 0 Å². The second-order valence-corrected chi connectivity index (χ2v) is 4.40. The molecule has 0 spiro atoms. The van der Waals surface area contributed by atoms with Crippen molar-refractivity contribution < 1.29 is 19.1 Å². The lowest BCUT2D eigenvalue weighted by atomic mass is 9.99. The van der Waals surface area contributed by atoms with E-state index in [9.17, 15) is 14.0 Å². The molecule has 0 saturated carbocycles. The molecule has 1 rings (SSSR count).